The zero-order chi connectivity index (χ0) is 22.3. The highest BCUT2D eigenvalue weighted by molar-refractivity contribution is 5.42. The molecule has 1 aromatic carbocycles. The van der Waals surface area contributed by atoms with E-state index in [-0.39, 0.29) is 5.75 Å². The number of nitrogens with zero attached hydrogens (tertiary/aromatic N) is 2. The minimum absolute atomic E-state index is 0.337. The molecule has 1 N–H and O–H groups in total. The normalized spacial score (nSPS) is 21.0. The van der Waals surface area contributed by atoms with Crippen molar-refractivity contribution in [1.82, 2.24) is 9.88 Å². The van der Waals surface area contributed by atoms with Crippen molar-refractivity contribution in [2.24, 2.45) is 11.3 Å². The fourth-order valence-electron chi connectivity index (χ4n) is 4.40. The van der Waals surface area contributed by atoms with Crippen molar-refractivity contribution >= 4 is 0 Å². The molecule has 1 unspecified atom stereocenters. The predicted octanol–water partition coefficient (Wildman–Crippen LogP) is 3.19. The minimum atomic E-state index is -4.77. The molecule has 2 saturated heterocycles. The van der Waals surface area contributed by atoms with Gasteiger partial charge in [0.05, 0.1) is 19.8 Å². The molecular formula is C22H25F3N2O4. The largest absolute Gasteiger partial charge is 0.573 e. The molecule has 3 heterocycles. The highest BCUT2D eigenvalue weighted by Crippen LogP contribution is 2.50. The monoisotopic (exact) mass is 438 g/mol. The first-order valence-corrected chi connectivity index (χ1v) is 10.0. The molecule has 2 aliphatic heterocycles. The first-order valence-electron chi connectivity index (χ1n) is 10.0. The van der Waals surface area contributed by atoms with E-state index in [0.717, 1.165) is 0 Å². The van der Waals surface area contributed by atoms with Crippen molar-refractivity contribution < 1.29 is 32.5 Å². The third kappa shape index (κ3) is 4.35. The van der Waals surface area contributed by atoms with Gasteiger partial charge in [0, 0.05) is 42.2 Å². The van der Waals surface area contributed by atoms with Crippen LogP contribution in [0, 0.1) is 11.3 Å². The van der Waals surface area contributed by atoms with Crippen LogP contribution in [0.5, 0.6) is 11.6 Å². The maximum absolute atomic E-state index is 12.5. The number of aromatic nitrogens is 1. The van der Waals surface area contributed by atoms with Gasteiger partial charge in [0.25, 0.3) is 0 Å². The van der Waals surface area contributed by atoms with Crippen molar-refractivity contribution in [2.75, 3.05) is 40.0 Å². The molecule has 1 aromatic heterocycles. The second-order valence-corrected chi connectivity index (χ2v) is 8.62. The summed E-state index contributed by atoms with van der Waals surface area (Å²) in [6.45, 7) is 5.05. The van der Waals surface area contributed by atoms with Crippen LogP contribution in [0.15, 0.2) is 42.6 Å². The molecule has 4 rings (SSSR count). The van der Waals surface area contributed by atoms with Gasteiger partial charge in [-0.2, -0.15) is 0 Å². The molecule has 0 saturated carbocycles. The van der Waals surface area contributed by atoms with E-state index in [2.05, 4.69) is 14.6 Å². The van der Waals surface area contributed by atoms with Gasteiger partial charge in [0.1, 0.15) is 11.4 Å². The second-order valence-electron chi connectivity index (χ2n) is 8.62. The van der Waals surface area contributed by atoms with Crippen LogP contribution in [0.2, 0.25) is 0 Å². The summed E-state index contributed by atoms with van der Waals surface area (Å²) in [5.74, 6) is 0.472. The summed E-state index contributed by atoms with van der Waals surface area (Å²) in [6, 6.07) is 8.81. The van der Waals surface area contributed by atoms with Crippen molar-refractivity contribution in [1.29, 1.82) is 0 Å². The van der Waals surface area contributed by atoms with E-state index < -0.39 is 17.4 Å². The number of rotatable bonds is 7. The van der Waals surface area contributed by atoms with Crippen molar-refractivity contribution in [2.45, 2.75) is 18.9 Å². The Morgan fingerprint density at radius 3 is 2.26 bits per heavy atom. The highest BCUT2D eigenvalue weighted by atomic mass is 19.4. The summed E-state index contributed by atoms with van der Waals surface area (Å²) in [5.41, 5.74) is -0.989. The number of likely N-dealkylation sites (tertiary alicyclic amines) is 1. The van der Waals surface area contributed by atoms with Gasteiger partial charge in [-0.3, -0.25) is 0 Å². The van der Waals surface area contributed by atoms with Gasteiger partial charge < -0.3 is 24.2 Å². The quantitative estimate of drug-likeness (QED) is 0.717. The molecule has 0 spiro atoms. The van der Waals surface area contributed by atoms with Crippen LogP contribution in [0.3, 0.4) is 0 Å². The van der Waals surface area contributed by atoms with Gasteiger partial charge >= 0.3 is 6.36 Å². The lowest BCUT2D eigenvalue weighted by Crippen LogP contribution is -2.63. The molecule has 6 nitrogen and oxygen atoms in total. The molecular weight excluding hydrogens is 413 g/mol. The molecule has 2 fully saturated rings. The number of ether oxygens (including phenoxy) is 3. The Hall–Kier alpha value is -2.36. The predicted molar refractivity (Wildman–Crippen MR) is 106 cm³/mol. The van der Waals surface area contributed by atoms with Gasteiger partial charge in [-0.25, -0.2) is 4.98 Å². The molecule has 168 valence electrons. The number of hydrogen-bond donors (Lipinski definition) is 1. The number of hydrogen-bond acceptors (Lipinski definition) is 6. The first-order chi connectivity index (χ1) is 14.6. The third-order valence-electron chi connectivity index (χ3n) is 5.95. The Morgan fingerprint density at radius 2 is 1.77 bits per heavy atom. The van der Waals surface area contributed by atoms with Crippen LogP contribution in [-0.2, 0) is 10.3 Å². The molecule has 0 aliphatic carbocycles. The number of alkyl halides is 3. The fraction of sp³-hybridized carbons (Fsp3) is 0.500. The van der Waals surface area contributed by atoms with E-state index in [1.807, 2.05) is 14.0 Å². The summed E-state index contributed by atoms with van der Waals surface area (Å²) < 4.78 is 52.3. The number of aliphatic hydroxyl groups is 1. The van der Waals surface area contributed by atoms with Gasteiger partial charge in [-0.05, 0) is 30.8 Å². The summed E-state index contributed by atoms with van der Waals surface area (Å²) in [5, 5.41) is 11.9. The standard InChI is InChI=1S/C22H25F3N2O4/c1-20(13-27(2)14-20)21(28,16-3-6-18(7-4-16)31-22(23,24)25)17-5-8-19(26-9-17)30-12-15-10-29-11-15/h3-9,15,28H,10-14H2,1-2H3. The molecule has 2 aromatic rings. The van der Waals surface area contributed by atoms with Crippen LogP contribution >= 0.6 is 0 Å². The van der Waals surface area contributed by atoms with Gasteiger partial charge in [-0.15, -0.1) is 13.2 Å². The molecule has 2 aliphatic rings. The van der Waals surface area contributed by atoms with Crippen LogP contribution in [0.25, 0.3) is 0 Å². The lowest BCUT2D eigenvalue weighted by Gasteiger charge is -2.55. The fourth-order valence-corrected chi connectivity index (χ4v) is 4.40. The highest BCUT2D eigenvalue weighted by Gasteiger charge is 2.55. The molecule has 31 heavy (non-hydrogen) atoms. The van der Waals surface area contributed by atoms with Gasteiger partial charge in [-0.1, -0.05) is 19.1 Å². The van der Waals surface area contributed by atoms with Crippen molar-refractivity contribution in [3.05, 3.63) is 53.7 Å². The smallest absolute Gasteiger partial charge is 0.477 e. The Bertz CT molecular complexity index is 894. The maximum atomic E-state index is 12.5. The average molecular weight is 438 g/mol. The number of benzene rings is 1. The minimum Gasteiger partial charge on any atom is -0.477 e. The first kappa shape index (κ1) is 21.9. The van der Waals surface area contributed by atoms with Crippen LogP contribution < -0.4 is 9.47 Å². The lowest BCUT2D eigenvalue weighted by molar-refractivity contribution is -0.274. The Labute approximate surface area is 178 Å². The molecule has 0 amide bonds. The SMILES string of the molecule is CN1CC(C)(C(O)(c2ccc(OC(F)(F)F)cc2)c2ccc(OCC3COC3)nc2)C1. The van der Waals surface area contributed by atoms with Crippen LogP contribution in [-0.4, -0.2) is 61.3 Å². The number of halogens is 3. The molecule has 0 radical (unpaired) electrons. The van der Waals surface area contributed by atoms with E-state index in [1.165, 1.54) is 24.3 Å². The molecule has 1 atom stereocenters. The zero-order valence-electron chi connectivity index (χ0n) is 17.4. The summed E-state index contributed by atoms with van der Waals surface area (Å²) in [6.07, 6.45) is -3.21. The van der Waals surface area contributed by atoms with Crippen LogP contribution in [0.4, 0.5) is 13.2 Å². The summed E-state index contributed by atoms with van der Waals surface area (Å²) in [4.78, 5) is 6.41. The Balaban J connectivity index is 1.61. The number of pyridine rings is 1. The van der Waals surface area contributed by atoms with Crippen molar-refractivity contribution in [3.63, 3.8) is 0 Å². The van der Waals surface area contributed by atoms with E-state index in [1.54, 1.807) is 18.3 Å². The van der Waals surface area contributed by atoms with E-state index in [4.69, 9.17) is 9.47 Å². The molecule has 0 bridgehead atoms. The average Bonchev–Trinajstić information content (AvgIpc) is 2.65. The maximum Gasteiger partial charge on any atom is 0.573 e. The Kier molecular flexibility index (Phi) is 5.61. The summed E-state index contributed by atoms with van der Waals surface area (Å²) >= 11 is 0. The van der Waals surface area contributed by atoms with Crippen molar-refractivity contribution in [3.8, 4) is 11.6 Å². The van der Waals surface area contributed by atoms with E-state index in [0.29, 0.717) is 55.8 Å². The van der Waals surface area contributed by atoms with Gasteiger partial charge in [0.15, 0.2) is 0 Å². The molecule has 9 heteroatoms. The topological polar surface area (TPSA) is 64.1 Å². The van der Waals surface area contributed by atoms with Gasteiger partial charge in [0.2, 0.25) is 5.88 Å². The van der Waals surface area contributed by atoms with E-state index >= 15 is 0 Å². The zero-order valence-corrected chi connectivity index (χ0v) is 17.4. The second kappa shape index (κ2) is 7.96. The van der Waals surface area contributed by atoms with Crippen LogP contribution in [0.1, 0.15) is 18.1 Å². The third-order valence-corrected chi connectivity index (χ3v) is 5.95. The summed E-state index contributed by atoms with van der Waals surface area (Å²) in [7, 11) is 1.95. The lowest BCUT2D eigenvalue weighted by atomic mass is 9.62. The Morgan fingerprint density at radius 1 is 1.13 bits per heavy atom. The van der Waals surface area contributed by atoms with E-state index in [9.17, 15) is 18.3 Å².